The first-order chi connectivity index (χ1) is 13.4. The van der Waals surface area contributed by atoms with Gasteiger partial charge in [-0.1, -0.05) is 31.4 Å². The molecule has 0 unspecified atom stereocenters. The van der Waals surface area contributed by atoms with Crippen LogP contribution in [-0.4, -0.2) is 46.8 Å². The van der Waals surface area contributed by atoms with E-state index in [9.17, 15) is 24.4 Å². The molecule has 3 amide bonds. The molecular weight excluding hydrogens is 362 g/mol. The van der Waals surface area contributed by atoms with Gasteiger partial charge in [0, 0.05) is 0 Å². The smallest absolute Gasteiger partial charge is 0.326 e. The molecule has 8 nitrogen and oxygen atoms in total. The van der Waals surface area contributed by atoms with Crippen LogP contribution in [0.3, 0.4) is 0 Å². The lowest BCUT2D eigenvalue weighted by molar-refractivity contribution is -0.155. The fraction of sp³-hybridized carbons (Fsp3) is 0.450. The standard InChI is InChI=1S/C20H21N3O5/c1-13(17(25)22-20(12-21)9-5-2-6-10-20)28-16(24)11-23-18(26)14-7-3-4-8-15(14)19(23)27/h3-4,7-8,13H,2,5-6,9-11H2,1H3,(H,22,25)/t13-/m0/s1. The number of carbonyl (C=O) groups excluding carboxylic acids is 4. The molecule has 146 valence electrons. The Morgan fingerprint density at radius 3 is 2.29 bits per heavy atom. The number of rotatable bonds is 5. The predicted octanol–water partition coefficient (Wildman–Crippen LogP) is 1.56. The van der Waals surface area contributed by atoms with E-state index >= 15 is 0 Å². The van der Waals surface area contributed by atoms with Gasteiger partial charge in [-0.15, -0.1) is 0 Å². The summed E-state index contributed by atoms with van der Waals surface area (Å²) in [5, 5.41) is 12.1. The third-order valence-corrected chi connectivity index (χ3v) is 5.13. The van der Waals surface area contributed by atoms with Crippen LogP contribution >= 0.6 is 0 Å². The summed E-state index contributed by atoms with van der Waals surface area (Å²) in [5.74, 6) is -2.58. The zero-order chi connectivity index (χ0) is 20.3. The van der Waals surface area contributed by atoms with Crippen LogP contribution in [0.1, 0.15) is 59.7 Å². The molecule has 0 spiro atoms. The SMILES string of the molecule is C[C@H](OC(=O)CN1C(=O)c2ccccc2C1=O)C(=O)NC1(C#N)CCCCC1. The van der Waals surface area contributed by atoms with E-state index < -0.39 is 41.9 Å². The number of hydrogen-bond acceptors (Lipinski definition) is 6. The van der Waals surface area contributed by atoms with Crippen molar-refractivity contribution in [1.29, 1.82) is 5.26 Å². The van der Waals surface area contributed by atoms with E-state index in [1.807, 2.05) is 0 Å². The number of benzene rings is 1. The normalized spacial score (nSPS) is 18.8. The Morgan fingerprint density at radius 1 is 1.18 bits per heavy atom. The van der Waals surface area contributed by atoms with Crippen LogP contribution in [0.15, 0.2) is 24.3 Å². The topological polar surface area (TPSA) is 117 Å². The van der Waals surface area contributed by atoms with Gasteiger partial charge in [0.05, 0.1) is 17.2 Å². The molecule has 1 atom stereocenters. The molecule has 2 aliphatic rings. The number of carbonyl (C=O) groups is 4. The fourth-order valence-electron chi connectivity index (χ4n) is 3.56. The lowest BCUT2D eigenvalue weighted by Gasteiger charge is -2.32. The monoisotopic (exact) mass is 383 g/mol. The van der Waals surface area contributed by atoms with E-state index in [0.29, 0.717) is 12.8 Å². The quantitative estimate of drug-likeness (QED) is 0.609. The van der Waals surface area contributed by atoms with Gasteiger partial charge in [-0.3, -0.25) is 24.1 Å². The van der Waals surface area contributed by atoms with Gasteiger partial charge in [0.1, 0.15) is 12.1 Å². The van der Waals surface area contributed by atoms with E-state index in [4.69, 9.17) is 4.74 Å². The van der Waals surface area contributed by atoms with Gasteiger partial charge >= 0.3 is 5.97 Å². The van der Waals surface area contributed by atoms with E-state index in [-0.39, 0.29) is 11.1 Å². The highest BCUT2D eigenvalue weighted by atomic mass is 16.5. The van der Waals surface area contributed by atoms with Gasteiger partial charge in [0.2, 0.25) is 0 Å². The molecule has 0 saturated heterocycles. The summed E-state index contributed by atoms with van der Waals surface area (Å²) >= 11 is 0. The van der Waals surface area contributed by atoms with Gasteiger partial charge in [-0.05, 0) is 31.9 Å². The van der Waals surface area contributed by atoms with Crippen molar-refractivity contribution in [3.05, 3.63) is 35.4 Å². The Morgan fingerprint density at radius 2 is 1.75 bits per heavy atom. The Bertz CT molecular complexity index is 832. The molecule has 3 rings (SSSR count). The number of imide groups is 1. The van der Waals surface area contributed by atoms with Crippen molar-refractivity contribution in [2.45, 2.75) is 50.7 Å². The van der Waals surface area contributed by atoms with Gasteiger partial charge in [-0.25, -0.2) is 0 Å². The summed E-state index contributed by atoms with van der Waals surface area (Å²) in [6.45, 7) is 0.816. The minimum absolute atomic E-state index is 0.236. The van der Waals surface area contributed by atoms with Gasteiger partial charge in [0.15, 0.2) is 6.10 Å². The maximum absolute atomic E-state index is 12.4. The van der Waals surface area contributed by atoms with Crippen molar-refractivity contribution in [1.82, 2.24) is 10.2 Å². The fourth-order valence-corrected chi connectivity index (χ4v) is 3.56. The zero-order valence-electron chi connectivity index (χ0n) is 15.6. The maximum atomic E-state index is 12.4. The summed E-state index contributed by atoms with van der Waals surface area (Å²) in [4.78, 5) is 49.9. The Kier molecular flexibility index (Phi) is 5.45. The maximum Gasteiger partial charge on any atom is 0.326 e. The average molecular weight is 383 g/mol. The van der Waals surface area contributed by atoms with Crippen molar-refractivity contribution >= 4 is 23.7 Å². The van der Waals surface area contributed by atoms with E-state index in [1.54, 1.807) is 12.1 Å². The molecule has 8 heteroatoms. The highest BCUT2D eigenvalue weighted by Gasteiger charge is 2.38. The summed E-state index contributed by atoms with van der Waals surface area (Å²) in [6, 6.07) is 8.47. The molecule has 1 aromatic rings. The molecule has 1 N–H and O–H groups in total. The first-order valence-corrected chi connectivity index (χ1v) is 9.25. The molecule has 1 aromatic carbocycles. The number of fused-ring (bicyclic) bond motifs is 1. The van der Waals surface area contributed by atoms with Crippen LogP contribution < -0.4 is 5.32 Å². The molecule has 1 saturated carbocycles. The molecule has 0 aromatic heterocycles. The minimum atomic E-state index is -1.14. The van der Waals surface area contributed by atoms with Gasteiger partial charge in [-0.2, -0.15) is 5.26 Å². The van der Waals surface area contributed by atoms with Gasteiger partial charge < -0.3 is 10.1 Å². The van der Waals surface area contributed by atoms with E-state index in [0.717, 1.165) is 24.2 Å². The van der Waals surface area contributed by atoms with Crippen LogP contribution in [0.5, 0.6) is 0 Å². The lowest BCUT2D eigenvalue weighted by Crippen LogP contribution is -2.52. The first kappa shape index (κ1) is 19.5. The van der Waals surface area contributed by atoms with E-state index in [2.05, 4.69) is 11.4 Å². The van der Waals surface area contributed by atoms with Crippen LogP contribution in [0.2, 0.25) is 0 Å². The van der Waals surface area contributed by atoms with Gasteiger partial charge in [0.25, 0.3) is 17.7 Å². The molecule has 1 aliphatic carbocycles. The van der Waals surface area contributed by atoms with Crippen LogP contribution in [0.4, 0.5) is 0 Å². The summed E-state index contributed by atoms with van der Waals surface area (Å²) in [7, 11) is 0. The van der Waals surface area contributed by atoms with Crippen molar-refractivity contribution < 1.29 is 23.9 Å². The number of nitrogens with zero attached hydrogens (tertiary/aromatic N) is 2. The predicted molar refractivity (Wildman–Crippen MR) is 96.9 cm³/mol. The molecule has 0 radical (unpaired) electrons. The number of nitriles is 1. The van der Waals surface area contributed by atoms with Crippen molar-refractivity contribution in [3.8, 4) is 6.07 Å². The second kappa shape index (κ2) is 7.80. The molecule has 1 fully saturated rings. The van der Waals surface area contributed by atoms with Crippen molar-refractivity contribution in [2.24, 2.45) is 0 Å². The number of nitrogens with one attached hydrogen (secondary N) is 1. The molecular formula is C20H21N3O5. The molecule has 28 heavy (non-hydrogen) atoms. The van der Waals surface area contributed by atoms with Crippen LogP contribution in [-0.2, 0) is 14.3 Å². The molecule has 1 aliphatic heterocycles. The number of ether oxygens (including phenoxy) is 1. The van der Waals surface area contributed by atoms with Crippen molar-refractivity contribution in [2.75, 3.05) is 6.54 Å². The van der Waals surface area contributed by atoms with Crippen LogP contribution in [0.25, 0.3) is 0 Å². The summed E-state index contributed by atoms with van der Waals surface area (Å²) in [6.07, 6.45) is 2.69. The average Bonchev–Trinajstić information content (AvgIpc) is 2.93. The van der Waals surface area contributed by atoms with Crippen molar-refractivity contribution in [3.63, 3.8) is 0 Å². The zero-order valence-corrected chi connectivity index (χ0v) is 15.6. The van der Waals surface area contributed by atoms with Crippen LogP contribution in [0, 0.1) is 11.3 Å². The molecule has 0 bridgehead atoms. The number of esters is 1. The Balaban J connectivity index is 1.58. The summed E-state index contributed by atoms with van der Waals surface area (Å²) in [5.41, 5.74) is -0.461. The first-order valence-electron chi connectivity index (χ1n) is 9.25. The molecule has 1 heterocycles. The highest BCUT2D eigenvalue weighted by molar-refractivity contribution is 6.22. The van der Waals surface area contributed by atoms with E-state index in [1.165, 1.54) is 19.1 Å². The Labute approximate surface area is 162 Å². The third-order valence-electron chi connectivity index (χ3n) is 5.13. The minimum Gasteiger partial charge on any atom is -0.451 e. The second-order valence-corrected chi connectivity index (χ2v) is 7.12. The number of hydrogen-bond donors (Lipinski definition) is 1. The lowest BCUT2D eigenvalue weighted by atomic mass is 9.83. The highest BCUT2D eigenvalue weighted by Crippen LogP contribution is 2.27. The largest absolute Gasteiger partial charge is 0.451 e. The summed E-state index contributed by atoms with van der Waals surface area (Å²) < 4.78 is 5.09. The third kappa shape index (κ3) is 3.74. The Hall–Kier alpha value is -3.21. The number of amides is 3. The second-order valence-electron chi connectivity index (χ2n) is 7.12.